The maximum atomic E-state index is 12.7. The fourth-order valence-electron chi connectivity index (χ4n) is 1.88. The number of benzene rings is 1. The normalized spacial score (nSPS) is 12.0. The number of aromatic nitrogens is 1. The van der Waals surface area contributed by atoms with E-state index in [9.17, 15) is 13.2 Å². The van der Waals surface area contributed by atoms with Crippen molar-refractivity contribution in [2.75, 3.05) is 0 Å². The van der Waals surface area contributed by atoms with Crippen LogP contribution in [0.2, 0.25) is 0 Å². The Balaban J connectivity index is 0.000000368. The highest BCUT2D eigenvalue weighted by atomic mass is 35.7. The maximum absolute atomic E-state index is 12.7. The van der Waals surface area contributed by atoms with Crippen molar-refractivity contribution in [2.24, 2.45) is 0 Å². The van der Waals surface area contributed by atoms with Crippen molar-refractivity contribution in [3.8, 4) is 11.3 Å². The molecule has 0 radical (unpaired) electrons. The summed E-state index contributed by atoms with van der Waals surface area (Å²) in [5.41, 5.74) is 0.295. The summed E-state index contributed by atoms with van der Waals surface area (Å²) in [6.45, 7) is 0. The van der Waals surface area contributed by atoms with E-state index in [0.717, 1.165) is 12.1 Å². The van der Waals surface area contributed by atoms with Crippen LogP contribution in [0.15, 0.2) is 59.3 Å². The molecule has 0 aliphatic heterocycles. The molecule has 3 rings (SSSR count). The lowest BCUT2D eigenvalue weighted by atomic mass is 10.1. The molecule has 2 aromatic heterocycles. The van der Waals surface area contributed by atoms with Gasteiger partial charge in [-0.25, -0.2) is 18.6 Å². The van der Waals surface area contributed by atoms with Crippen LogP contribution in [0.1, 0.15) is 5.56 Å². The molecule has 128 valence electrons. The molecule has 0 unspecified atom stereocenters. The Morgan fingerprint density at radius 3 is 2.21 bits per heavy atom. The number of oxazole rings is 1. The molecular formula is C14H9ClF3NO5. The molecule has 0 spiro atoms. The van der Waals surface area contributed by atoms with Crippen LogP contribution in [0.3, 0.4) is 0 Å². The summed E-state index contributed by atoms with van der Waals surface area (Å²) in [6.07, 6.45) is -0.921. The predicted octanol–water partition coefficient (Wildman–Crippen LogP) is -1.05. The lowest BCUT2D eigenvalue weighted by Gasteiger charge is -2.17. The second-order valence-corrected chi connectivity index (χ2v) is 5.25. The molecule has 0 fully saturated rings. The average molecular weight is 364 g/mol. The first-order valence-corrected chi connectivity index (χ1v) is 7.47. The first-order valence-electron chi connectivity index (χ1n) is 6.23. The van der Waals surface area contributed by atoms with Gasteiger partial charge in [0.2, 0.25) is 12.0 Å². The molecule has 3 aromatic rings. The van der Waals surface area contributed by atoms with E-state index in [2.05, 4.69) is 0 Å². The summed E-state index contributed by atoms with van der Waals surface area (Å²) < 4.78 is 79.2. The van der Waals surface area contributed by atoms with Gasteiger partial charge in [0.15, 0.2) is 6.20 Å². The Labute approximate surface area is 135 Å². The molecule has 0 aliphatic carbocycles. The molecule has 0 aliphatic rings. The summed E-state index contributed by atoms with van der Waals surface area (Å²) in [5, 5.41) is 0. The van der Waals surface area contributed by atoms with Crippen LogP contribution >= 0.6 is 0 Å². The van der Waals surface area contributed by atoms with Gasteiger partial charge in [-0.3, -0.25) is 0 Å². The fraction of sp³-hybridized carbons (Fsp3) is 0.0714. The number of rotatable bonds is 1. The Morgan fingerprint density at radius 1 is 0.958 bits per heavy atom. The largest absolute Gasteiger partial charge is 0.416 e. The molecule has 0 amide bonds. The van der Waals surface area contributed by atoms with Crippen molar-refractivity contribution in [3.63, 3.8) is 0 Å². The van der Waals surface area contributed by atoms with Crippen LogP contribution in [-0.4, -0.2) is 0 Å². The molecular weight excluding hydrogens is 355 g/mol. The minimum absolute atomic E-state index is 0.400. The van der Waals surface area contributed by atoms with Crippen molar-refractivity contribution in [2.45, 2.75) is 6.18 Å². The molecule has 0 atom stereocenters. The van der Waals surface area contributed by atoms with Crippen molar-refractivity contribution < 1.29 is 50.9 Å². The van der Waals surface area contributed by atoms with Gasteiger partial charge in [0, 0.05) is 11.6 Å². The van der Waals surface area contributed by atoms with E-state index in [-0.39, 0.29) is 0 Å². The molecule has 0 bridgehead atoms. The van der Waals surface area contributed by atoms with Gasteiger partial charge in [-0.1, -0.05) is 12.1 Å². The topological polar surface area (TPSA) is 109 Å². The third-order valence-electron chi connectivity index (χ3n) is 2.80. The summed E-state index contributed by atoms with van der Waals surface area (Å²) in [7, 11) is -4.94. The second-order valence-electron chi connectivity index (χ2n) is 4.50. The van der Waals surface area contributed by atoms with Gasteiger partial charge in [-0.2, -0.15) is 13.2 Å². The summed E-state index contributed by atoms with van der Waals surface area (Å²) >= 11 is 0. The quantitative estimate of drug-likeness (QED) is 0.512. The standard InChI is InChI=1S/C14H9F3NO.ClHO4/c15-14(16,17)11-5-3-4-10(8-11)12-9-18-7-2-1-6-13(18)19-12;2-1(3,4)5/h1-9H;(H,2,3,4,5)/q+1;/p-1. The van der Waals surface area contributed by atoms with Gasteiger partial charge in [0.1, 0.15) is 0 Å². The highest BCUT2D eigenvalue weighted by Crippen LogP contribution is 2.32. The highest BCUT2D eigenvalue weighted by molar-refractivity contribution is 5.58. The number of alkyl halides is 3. The van der Waals surface area contributed by atoms with Gasteiger partial charge >= 0.3 is 11.9 Å². The first kappa shape index (κ1) is 18.2. The van der Waals surface area contributed by atoms with Crippen molar-refractivity contribution in [1.82, 2.24) is 0 Å². The molecule has 2 heterocycles. The number of halogens is 4. The maximum Gasteiger partial charge on any atom is 0.416 e. The number of hydrogen-bond acceptors (Lipinski definition) is 5. The molecule has 10 heteroatoms. The molecule has 24 heavy (non-hydrogen) atoms. The van der Waals surface area contributed by atoms with Crippen LogP contribution in [0, 0.1) is 10.2 Å². The zero-order valence-corrected chi connectivity index (χ0v) is 12.5. The van der Waals surface area contributed by atoms with E-state index in [0.29, 0.717) is 17.0 Å². The predicted molar refractivity (Wildman–Crippen MR) is 62.3 cm³/mol. The zero-order valence-electron chi connectivity index (χ0n) is 11.7. The minimum atomic E-state index is -4.94. The number of nitrogens with zero attached hydrogens (tertiary/aromatic N) is 1. The smallest absolute Gasteiger partial charge is 0.398 e. The molecule has 1 aromatic carbocycles. The van der Waals surface area contributed by atoms with Gasteiger partial charge in [0.05, 0.1) is 11.6 Å². The van der Waals surface area contributed by atoms with Gasteiger partial charge in [-0.15, -0.1) is 14.6 Å². The minimum Gasteiger partial charge on any atom is -0.398 e. The van der Waals surface area contributed by atoms with E-state index in [1.807, 2.05) is 6.07 Å². The zero-order chi connectivity index (χ0) is 18.0. The monoisotopic (exact) mass is 363 g/mol. The summed E-state index contributed by atoms with van der Waals surface area (Å²) in [4.78, 5) is 0. The SMILES string of the molecule is FC(F)(F)c1cccc(-c2c[n+]3ccccc3o2)c1.[O-][Cl+3]([O-])([O-])[O-]. The third kappa shape index (κ3) is 5.18. The Hall–Kier alpha value is -2.17. The van der Waals surface area contributed by atoms with E-state index in [1.54, 1.807) is 35.0 Å². The molecule has 6 nitrogen and oxygen atoms in total. The van der Waals surface area contributed by atoms with Crippen LogP contribution in [0.25, 0.3) is 17.0 Å². The number of fused-ring (bicyclic) bond motifs is 1. The summed E-state index contributed by atoms with van der Waals surface area (Å²) in [5.74, 6) is 0.400. The van der Waals surface area contributed by atoms with Crippen LogP contribution in [-0.2, 0) is 6.18 Å². The summed E-state index contributed by atoms with van der Waals surface area (Å²) in [6, 6.07) is 10.4. The average Bonchev–Trinajstić information content (AvgIpc) is 2.89. The highest BCUT2D eigenvalue weighted by Gasteiger charge is 2.30. The van der Waals surface area contributed by atoms with Crippen LogP contribution < -0.4 is 23.0 Å². The molecule has 0 saturated carbocycles. The van der Waals surface area contributed by atoms with Crippen molar-refractivity contribution in [3.05, 3.63) is 60.4 Å². The van der Waals surface area contributed by atoms with Gasteiger partial charge in [-0.05, 0) is 18.2 Å². The lowest BCUT2D eigenvalue weighted by molar-refractivity contribution is -2.00. The van der Waals surface area contributed by atoms with E-state index < -0.39 is 22.0 Å². The Bertz CT molecular complexity index is 790. The van der Waals surface area contributed by atoms with E-state index >= 15 is 0 Å². The number of pyridine rings is 1. The van der Waals surface area contributed by atoms with Crippen molar-refractivity contribution >= 4 is 5.71 Å². The van der Waals surface area contributed by atoms with Gasteiger partial charge in [0.25, 0.3) is 0 Å². The van der Waals surface area contributed by atoms with Crippen LogP contribution in [0.5, 0.6) is 0 Å². The first-order chi connectivity index (χ1) is 11.0. The van der Waals surface area contributed by atoms with Crippen molar-refractivity contribution in [1.29, 1.82) is 0 Å². The third-order valence-corrected chi connectivity index (χ3v) is 2.80. The second kappa shape index (κ2) is 6.75. The van der Waals surface area contributed by atoms with E-state index in [1.165, 1.54) is 6.07 Å². The number of hydrogen-bond donors (Lipinski definition) is 0. The van der Waals surface area contributed by atoms with E-state index in [4.69, 9.17) is 23.1 Å². The van der Waals surface area contributed by atoms with Gasteiger partial charge < -0.3 is 4.42 Å². The Morgan fingerprint density at radius 2 is 1.62 bits per heavy atom. The van der Waals surface area contributed by atoms with Crippen LogP contribution in [0.4, 0.5) is 13.2 Å². The molecule has 0 N–H and O–H groups in total. The fourth-order valence-corrected chi connectivity index (χ4v) is 1.88. The molecule has 0 saturated heterocycles. The lowest BCUT2D eigenvalue weighted by Crippen LogP contribution is -2.68. The Kier molecular flexibility index (Phi) is 5.11.